The number of nitrogens with zero attached hydrogens (tertiary/aromatic N) is 2. The Bertz CT molecular complexity index is 724. The molecule has 0 amide bonds. The number of aryl methyl sites for hydroxylation is 1. The number of rotatable bonds is 5. The Morgan fingerprint density at radius 3 is 2.76 bits per heavy atom. The molecule has 4 heteroatoms. The van der Waals surface area contributed by atoms with Gasteiger partial charge >= 0.3 is 5.97 Å². The quantitative estimate of drug-likeness (QED) is 0.914. The molecule has 0 atom stereocenters. The molecule has 4 rings (SSSR count). The van der Waals surface area contributed by atoms with E-state index in [1.54, 1.807) is 12.1 Å². The lowest BCUT2D eigenvalue weighted by Gasteiger charge is -2.17. The van der Waals surface area contributed by atoms with Crippen molar-refractivity contribution in [1.29, 1.82) is 0 Å². The van der Waals surface area contributed by atoms with Gasteiger partial charge in [0.2, 0.25) is 0 Å². The largest absolute Gasteiger partial charge is 0.478 e. The van der Waals surface area contributed by atoms with Gasteiger partial charge in [0, 0.05) is 13.0 Å². The summed E-state index contributed by atoms with van der Waals surface area (Å²) < 4.78 is 2.34. The van der Waals surface area contributed by atoms with Gasteiger partial charge in [0.25, 0.3) is 0 Å². The summed E-state index contributed by atoms with van der Waals surface area (Å²) in [5, 5.41) is 9.12. The summed E-state index contributed by atoms with van der Waals surface area (Å²) in [6.45, 7) is 3.18. The minimum Gasteiger partial charge on any atom is -0.478 e. The predicted molar refractivity (Wildman–Crippen MR) is 80.5 cm³/mol. The highest BCUT2D eigenvalue weighted by Crippen LogP contribution is 2.62. The van der Waals surface area contributed by atoms with Crippen LogP contribution in [0.15, 0.2) is 18.2 Å². The van der Waals surface area contributed by atoms with Crippen molar-refractivity contribution in [1.82, 2.24) is 9.55 Å². The summed E-state index contributed by atoms with van der Waals surface area (Å²) in [5.41, 5.74) is 2.74. The first-order valence-electron chi connectivity index (χ1n) is 7.85. The molecule has 110 valence electrons. The van der Waals surface area contributed by atoms with Crippen molar-refractivity contribution >= 4 is 17.0 Å². The fourth-order valence-corrected chi connectivity index (χ4v) is 3.63. The molecule has 0 aliphatic heterocycles. The highest BCUT2D eigenvalue weighted by molar-refractivity contribution is 5.92. The number of hydrogen-bond donors (Lipinski definition) is 1. The van der Waals surface area contributed by atoms with Crippen molar-refractivity contribution < 1.29 is 9.90 Å². The van der Waals surface area contributed by atoms with Gasteiger partial charge in [0.05, 0.1) is 16.6 Å². The standard InChI is InChI=1S/C17H20N2O2/c1-2-15-18-13-9-11(16(20)21)3-6-14(13)19(15)10-17(7-8-17)12-4-5-12/h3,6,9,12H,2,4-5,7-8,10H2,1H3,(H,20,21). The van der Waals surface area contributed by atoms with Crippen LogP contribution in [0.1, 0.15) is 48.8 Å². The van der Waals surface area contributed by atoms with E-state index in [0.717, 1.165) is 35.7 Å². The van der Waals surface area contributed by atoms with Gasteiger partial charge in [-0.1, -0.05) is 6.92 Å². The van der Waals surface area contributed by atoms with Crippen molar-refractivity contribution in [3.05, 3.63) is 29.6 Å². The number of hydrogen-bond acceptors (Lipinski definition) is 2. The molecule has 2 aliphatic rings. The monoisotopic (exact) mass is 284 g/mol. The summed E-state index contributed by atoms with van der Waals surface area (Å²) in [7, 11) is 0. The lowest BCUT2D eigenvalue weighted by molar-refractivity contribution is 0.0697. The van der Waals surface area contributed by atoms with E-state index in [4.69, 9.17) is 5.11 Å². The Labute approximate surface area is 123 Å². The lowest BCUT2D eigenvalue weighted by atomic mass is 10.0. The zero-order valence-electron chi connectivity index (χ0n) is 12.3. The van der Waals surface area contributed by atoms with Gasteiger partial charge in [-0.05, 0) is 55.2 Å². The van der Waals surface area contributed by atoms with Crippen molar-refractivity contribution in [2.24, 2.45) is 11.3 Å². The number of aromatic carboxylic acids is 1. The number of aromatic nitrogens is 2. The highest BCUT2D eigenvalue weighted by atomic mass is 16.4. The average molecular weight is 284 g/mol. The molecule has 2 aliphatic carbocycles. The maximum atomic E-state index is 11.1. The van der Waals surface area contributed by atoms with Crippen LogP contribution < -0.4 is 0 Å². The topological polar surface area (TPSA) is 55.1 Å². The first-order valence-corrected chi connectivity index (χ1v) is 7.85. The molecule has 1 aromatic heterocycles. The van der Waals surface area contributed by atoms with Gasteiger partial charge in [-0.2, -0.15) is 0 Å². The van der Waals surface area contributed by atoms with Crippen LogP contribution >= 0.6 is 0 Å². The third-order valence-corrected chi connectivity index (χ3v) is 5.20. The average Bonchev–Trinajstić information content (AvgIpc) is 3.35. The molecule has 1 aromatic carbocycles. The van der Waals surface area contributed by atoms with E-state index in [9.17, 15) is 4.79 Å². The summed E-state index contributed by atoms with van der Waals surface area (Å²) in [6.07, 6.45) is 6.34. The Hall–Kier alpha value is -1.84. The second-order valence-corrected chi connectivity index (χ2v) is 6.61. The van der Waals surface area contributed by atoms with E-state index in [1.807, 2.05) is 6.07 Å². The van der Waals surface area contributed by atoms with E-state index in [1.165, 1.54) is 25.7 Å². The number of carbonyl (C=O) groups is 1. The van der Waals surface area contributed by atoms with Gasteiger partial charge < -0.3 is 9.67 Å². The van der Waals surface area contributed by atoms with Crippen LogP contribution in [0, 0.1) is 11.3 Å². The number of imidazole rings is 1. The minimum absolute atomic E-state index is 0.318. The van der Waals surface area contributed by atoms with Gasteiger partial charge in [-0.25, -0.2) is 9.78 Å². The molecule has 1 N–H and O–H groups in total. The molecule has 0 bridgehead atoms. The van der Waals surface area contributed by atoms with E-state index < -0.39 is 5.97 Å². The van der Waals surface area contributed by atoms with Crippen LogP contribution in [-0.4, -0.2) is 20.6 Å². The molecule has 21 heavy (non-hydrogen) atoms. The molecule has 0 radical (unpaired) electrons. The minimum atomic E-state index is -0.888. The lowest BCUT2D eigenvalue weighted by Crippen LogP contribution is -2.15. The first-order chi connectivity index (χ1) is 10.1. The maximum absolute atomic E-state index is 11.1. The number of carboxylic acid groups (broad SMARTS) is 1. The molecular formula is C17H20N2O2. The Morgan fingerprint density at radius 2 is 2.19 bits per heavy atom. The molecule has 2 aromatic rings. The van der Waals surface area contributed by atoms with Gasteiger partial charge in [0.1, 0.15) is 5.82 Å². The molecular weight excluding hydrogens is 264 g/mol. The summed E-state index contributed by atoms with van der Waals surface area (Å²) in [4.78, 5) is 15.8. The Balaban J connectivity index is 1.77. The normalized spacial score (nSPS) is 19.9. The molecule has 0 spiro atoms. The Kier molecular flexibility index (Phi) is 2.65. The van der Waals surface area contributed by atoms with Gasteiger partial charge in [0.15, 0.2) is 0 Å². The van der Waals surface area contributed by atoms with Crippen molar-refractivity contribution in [3.63, 3.8) is 0 Å². The summed E-state index contributed by atoms with van der Waals surface area (Å²) in [5.74, 6) is 1.11. The fourth-order valence-electron chi connectivity index (χ4n) is 3.63. The SMILES string of the molecule is CCc1nc2cc(C(=O)O)ccc2n1CC1(C2CC2)CC1. The van der Waals surface area contributed by atoms with Crippen molar-refractivity contribution in [3.8, 4) is 0 Å². The fraction of sp³-hybridized carbons (Fsp3) is 0.529. The van der Waals surface area contributed by atoms with Crippen LogP contribution in [0.4, 0.5) is 0 Å². The van der Waals surface area contributed by atoms with Gasteiger partial charge in [-0.15, -0.1) is 0 Å². The molecule has 0 unspecified atom stereocenters. The first kappa shape index (κ1) is 12.9. The number of fused-ring (bicyclic) bond motifs is 1. The van der Waals surface area contributed by atoms with Crippen LogP contribution in [0.5, 0.6) is 0 Å². The second kappa shape index (κ2) is 4.33. The molecule has 2 fully saturated rings. The molecule has 2 saturated carbocycles. The Morgan fingerprint density at radius 1 is 1.43 bits per heavy atom. The molecule has 1 heterocycles. The molecule has 0 saturated heterocycles. The summed E-state index contributed by atoms with van der Waals surface area (Å²) in [6, 6.07) is 5.32. The predicted octanol–water partition coefficient (Wildman–Crippen LogP) is 3.49. The number of carboxylic acids is 1. The van der Waals surface area contributed by atoms with Crippen LogP contribution in [0.2, 0.25) is 0 Å². The van der Waals surface area contributed by atoms with Crippen molar-refractivity contribution in [2.75, 3.05) is 0 Å². The maximum Gasteiger partial charge on any atom is 0.335 e. The van der Waals surface area contributed by atoms with Crippen LogP contribution in [0.3, 0.4) is 0 Å². The van der Waals surface area contributed by atoms with Gasteiger partial charge in [-0.3, -0.25) is 0 Å². The molecule has 4 nitrogen and oxygen atoms in total. The third-order valence-electron chi connectivity index (χ3n) is 5.20. The van der Waals surface area contributed by atoms with E-state index in [0.29, 0.717) is 11.0 Å². The zero-order chi connectivity index (χ0) is 14.6. The van der Waals surface area contributed by atoms with E-state index in [-0.39, 0.29) is 0 Å². The highest BCUT2D eigenvalue weighted by Gasteiger charge is 2.54. The van der Waals surface area contributed by atoms with Crippen LogP contribution in [-0.2, 0) is 13.0 Å². The number of benzene rings is 1. The van der Waals surface area contributed by atoms with E-state index >= 15 is 0 Å². The zero-order valence-corrected chi connectivity index (χ0v) is 12.3. The van der Waals surface area contributed by atoms with Crippen molar-refractivity contribution in [2.45, 2.75) is 45.6 Å². The van der Waals surface area contributed by atoms with Crippen LogP contribution in [0.25, 0.3) is 11.0 Å². The smallest absolute Gasteiger partial charge is 0.335 e. The summed E-state index contributed by atoms with van der Waals surface area (Å²) >= 11 is 0. The third kappa shape index (κ3) is 2.04. The van der Waals surface area contributed by atoms with E-state index in [2.05, 4.69) is 16.5 Å². The second-order valence-electron chi connectivity index (χ2n) is 6.61.